The van der Waals surface area contributed by atoms with Crippen molar-refractivity contribution in [3.63, 3.8) is 0 Å². The Labute approximate surface area is 208 Å². The van der Waals surface area contributed by atoms with Crippen molar-refractivity contribution in [3.05, 3.63) is 70.8 Å². The molecular weight excluding hydrogens is 465 g/mol. The lowest BCUT2D eigenvalue weighted by Gasteiger charge is -2.40. The van der Waals surface area contributed by atoms with E-state index in [9.17, 15) is 24.3 Å². The molecule has 0 bridgehead atoms. The minimum Gasteiger partial charge on any atom is -0.394 e. The fourth-order valence-electron chi connectivity index (χ4n) is 4.70. The molecule has 1 heterocycles. The largest absolute Gasteiger partial charge is 0.469 e. The Hall–Kier alpha value is -2.02. The summed E-state index contributed by atoms with van der Waals surface area (Å²) < 4.78 is 16.3. The highest BCUT2D eigenvalue weighted by Crippen LogP contribution is 2.40. The van der Waals surface area contributed by atoms with E-state index >= 15 is 0 Å². The molecule has 7 nitrogen and oxygen atoms in total. The van der Waals surface area contributed by atoms with Crippen LogP contribution in [-0.2, 0) is 28.5 Å². The second-order valence-corrected chi connectivity index (χ2v) is 10.8. The van der Waals surface area contributed by atoms with Gasteiger partial charge in [0.1, 0.15) is 0 Å². The summed E-state index contributed by atoms with van der Waals surface area (Å²) in [6, 6.07) is 15.5. The smallest absolute Gasteiger partial charge is 0.394 e. The zero-order valence-electron chi connectivity index (χ0n) is 20.6. The maximum atomic E-state index is 13.1. The SMILES string of the molecule is CCCCCCCCc1ccc(CC[C@](CO)(COP(=O)(O)O)N2Cc3ccccc3C2=O)cc1. The Morgan fingerprint density at radius 1 is 0.943 bits per heavy atom. The minimum absolute atomic E-state index is 0.261. The molecule has 2 aromatic carbocycles. The number of benzene rings is 2. The van der Waals surface area contributed by atoms with Crippen molar-refractivity contribution in [1.82, 2.24) is 4.90 Å². The van der Waals surface area contributed by atoms with Gasteiger partial charge < -0.3 is 19.8 Å². The van der Waals surface area contributed by atoms with Crippen molar-refractivity contribution in [2.24, 2.45) is 0 Å². The van der Waals surface area contributed by atoms with Crippen molar-refractivity contribution >= 4 is 13.7 Å². The number of aryl methyl sites for hydroxylation is 2. The average molecular weight is 504 g/mol. The van der Waals surface area contributed by atoms with E-state index in [1.807, 2.05) is 12.1 Å². The van der Waals surface area contributed by atoms with Crippen molar-refractivity contribution in [2.75, 3.05) is 13.2 Å². The van der Waals surface area contributed by atoms with E-state index in [-0.39, 0.29) is 12.5 Å². The fraction of sp³-hybridized carbons (Fsp3) is 0.519. The molecule has 35 heavy (non-hydrogen) atoms. The summed E-state index contributed by atoms with van der Waals surface area (Å²) in [6.07, 6.45) is 9.44. The lowest BCUT2D eigenvalue weighted by molar-refractivity contribution is -0.00975. The van der Waals surface area contributed by atoms with Crippen LogP contribution in [-0.4, -0.2) is 44.5 Å². The van der Waals surface area contributed by atoms with Crippen LogP contribution in [0.15, 0.2) is 48.5 Å². The minimum atomic E-state index is -4.78. The van der Waals surface area contributed by atoms with Gasteiger partial charge in [0.25, 0.3) is 5.91 Å². The molecule has 1 aliphatic heterocycles. The zero-order valence-corrected chi connectivity index (χ0v) is 21.5. The Balaban J connectivity index is 1.66. The van der Waals surface area contributed by atoms with Crippen molar-refractivity contribution in [3.8, 4) is 0 Å². The lowest BCUT2D eigenvalue weighted by Crippen LogP contribution is -2.55. The Kier molecular flexibility index (Phi) is 10.1. The van der Waals surface area contributed by atoms with Gasteiger partial charge in [-0.2, -0.15) is 0 Å². The molecule has 0 aliphatic carbocycles. The van der Waals surface area contributed by atoms with Gasteiger partial charge >= 0.3 is 7.82 Å². The Morgan fingerprint density at radius 3 is 2.20 bits per heavy atom. The van der Waals surface area contributed by atoms with Gasteiger partial charge in [-0.05, 0) is 48.4 Å². The van der Waals surface area contributed by atoms with E-state index in [2.05, 4.69) is 31.2 Å². The van der Waals surface area contributed by atoms with Crippen LogP contribution >= 0.6 is 7.82 Å². The number of hydrogen-bond acceptors (Lipinski definition) is 4. The molecule has 0 unspecified atom stereocenters. The van der Waals surface area contributed by atoms with E-state index < -0.39 is 26.6 Å². The molecule has 0 saturated heterocycles. The highest BCUT2D eigenvalue weighted by Gasteiger charge is 2.44. The van der Waals surface area contributed by atoms with Gasteiger partial charge in [-0.3, -0.25) is 9.32 Å². The molecule has 0 radical (unpaired) electrons. The summed E-state index contributed by atoms with van der Waals surface area (Å²) in [5.74, 6) is -0.266. The normalized spacial score (nSPS) is 15.3. The third-order valence-electron chi connectivity index (χ3n) is 6.91. The molecule has 0 aromatic heterocycles. The second-order valence-electron chi connectivity index (χ2n) is 9.53. The van der Waals surface area contributed by atoms with Gasteiger partial charge in [-0.15, -0.1) is 0 Å². The molecule has 0 spiro atoms. The summed E-state index contributed by atoms with van der Waals surface area (Å²) in [4.78, 5) is 33.3. The lowest BCUT2D eigenvalue weighted by atomic mass is 9.90. The second kappa shape index (κ2) is 12.8. The predicted octanol–water partition coefficient (Wildman–Crippen LogP) is 5.02. The molecule has 3 N–H and O–H groups in total. The summed E-state index contributed by atoms with van der Waals surface area (Å²) in [5.41, 5.74) is 2.43. The van der Waals surface area contributed by atoms with E-state index in [4.69, 9.17) is 4.52 Å². The molecule has 192 valence electrons. The molecular formula is C27H38NO6P. The number of rotatable bonds is 15. The maximum absolute atomic E-state index is 13.1. The molecule has 3 rings (SSSR count). The van der Waals surface area contributed by atoms with Crippen molar-refractivity contribution in [1.29, 1.82) is 0 Å². The van der Waals surface area contributed by atoms with Crippen LogP contribution in [0.25, 0.3) is 0 Å². The highest BCUT2D eigenvalue weighted by atomic mass is 31.2. The zero-order chi connectivity index (χ0) is 25.3. The van der Waals surface area contributed by atoms with Gasteiger partial charge in [-0.1, -0.05) is 81.5 Å². The van der Waals surface area contributed by atoms with E-state index in [1.54, 1.807) is 12.1 Å². The average Bonchev–Trinajstić information content (AvgIpc) is 3.19. The Bertz CT molecular complexity index is 1000. The van der Waals surface area contributed by atoms with E-state index in [1.165, 1.54) is 49.0 Å². The first-order valence-electron chi connectivity index (χ1n) is 12.6. The van der Waals surface area contributed by atoms with E-state index in [0.29, 0.717) is 18.4 Å². The summed E-state index contributed by atoms with van der Waals surface area (Å²) in [7, 11) is -4.78. The van der Waals surface area contributed by atoms with Crippen molar-refractivity contribution in [2.45, 2.75) is 76.8 Å². The summed E-state index contributed by atoms with van der Waals surface area (Å²) in [6.45, 7) is 1.56. The van der Waals surface area contributed by atoms with Crippen LogP contribution in [0.4, 0.5) is 0 Å². The number of carbonyl (C=O) groups excluding carboxylic acids is 1. The van der Waals surface area contributed by atoms with Crippen LogP contribution in [0.3, 0.4) is 0 Å². The number of phosphoric ester groups is 1. The molecule has 1 atom stereocenters. The Morgan fingerprint density at radius 2 is 1.57 bits per heavy atom. The topological polar surface area (TPSA) is 107 Å². The van der Waals surface area contributed by atoms with Gasteiger partial charge in [0, 0.05) is 12.1 Å². The molecule has 1 aliphatic rings. The number of amides is 1. The highest BCUT2D eigenvalue weighted by molar-refractivity contribution is 7.46. The van der Waals surface area contributed by atoms with Crippen LogP contribution in [0, 0.1) is 0 Å². The predicted molar refractivity (Wildman–Crippen MR) is 136 cm³/mol. The first-order valence-corrected chi connectivity index (χ1v) is 14.1. The van der Waals surface area contributed by atoms with E-state index in [0.717, 1.165) is 17.5 Å². The van der Waals surface area contributed by atoms with Gasteiger partial charge in [0.15, 0.2) is 0 Å². The monoisotopic (exact) mass is 503 g/mol. The summed E-state index contributed by atoms with van der Waals surface area (Å²) >= 11 is 0. The number of phosphoric acid groups is 1. The molecule has 8 heteroatoms. The number of aliphatic hydroxyl groups excluding tert-OH is 1. The number of aliphatic hydroxyl groups is 1. The third-order valence-corrected chi connectivity index (χ3v) is 7.38. The maximum Gasteiger partial charge on any atom is 0.469 e. The fourth-order valence-corrected chi connectivity index (χ4v) is 5.10. The van der Waals surface area contributed by atoms with Crippen LogP contribution in [0.5, 0.6) is 0 Å². The van der Waals surface area contributed by atoms with Gasteiger partial charge in [0.05, 0.1) is 18.8 Å². The van der Waals surface area contributed by atoms with Gasteiger partial charge in [0.2, 0.25) is 0 Å². The standard InChI is InChI=1S/C27H38NO6P/c1-2-3-4-5-6-7-10-22-13-15-23(16-14-22)17-18-27(20-29,21-34-35(31,32)33)28-19-24-11-8-9-12-25(24)26(28)30/h8-9,11-16,29H,2-7,10,17-21H2,1H3,(H2,31,32,33)/t27-/m0/s1. The first kappa shape index (κ1) is 27.6. The quantitative estimate of drug-likeness (QED) is 0.233. The molecule has 1 amide bonds. The van der Waals surface area contributed by atoms with Gasteiger partial charge in [-0.25, -0.2) is 4.57 Å². The van der Waals surface area contributed by atoms with Crippen LogP contribution < -0.4 is 0 Å². The number of nitrogens with zero attached hydrogens (tertiary/aromatic N) is 1. The number of unbranched alkanes of at least 4 members (excludes halogenated alkanes) is 5. The molecule has 0 saturated carbocycles. The van der Waals surface area contributed by atoms with Crippen LogP contribution in [0.1, 0.15) is 78.9 Å². The number of hydrogen-bond donors (Lipinski definition) is 3. The third kappa shape index (κ3) is 7.73. The first-order chi connectivity index (χ1) is 16.8. The number of carbonyl (C=O) groups is 1. The number of fused-ring (bicyclic) bond motifs is 1. The molecule has 2 aromatic rings. The van der Waals surface area contributed by atoms with Crippen LogP contribution in [0.2, 0.25) is 0 Å². The van der Waals surface area contributed by atoms with Crippen molar-refractivity contribution < 1.29 is 28.8 Å². The summed E-state index contributed by atoms with van der Waals surface area (Å²) in [5, 5.41) is 10.4. The molecule has 0 fully saturated rings.